The Morgan fingerprint density at radius 3 is 2.85 bits per heavy atom. The molecule has 2 aromatic carbocycles. The third-order valence-corrected chi connectivity index (χ3v) is 6.40. The number of alkyl halides is 2. The first-order valence-electron chi connectivity index (χ1n) is 9.94. The molecule has 2 N–H and O–H groups in total. The quantitative estimate of drug-likeness (QED) is 0.433. The highest BCUT2D eigenvalue weighted by Crippen LogP contribution is 2.40. The second kappa shape index (κ2) is 7.99. The number of hydrogen-bond donors (Lipinski definition) is 1. The predicted octanol–water partition coefficient (Wildman–Crippen LogP) is 4.34. The molecule has 1 aliphatic carbocycles. The van der Waals surface area contributed by atoms with Crippen molar-refractivity contribution >= 4 is 44.2 Å². The van der Waals surface area contributed by atoms with Crippen molar-refractivity contribution in [3.63, 3.8) is 0 Å². The molecule has 0 fully saturated rings. The lowest BCUT2D eigenvalue weighted by atomic mass is 10.0. The van der Waals surface area contributed by atoms with Crippen molar-refractivity contribution in [2.45, 2.75) is 25.2 Å². The summed E-state index contributed by atoms with van der Waals surface area (Å²) in [5.41, 5.74) is 8.34. The molecule has 0 saturated heterocycles. The number of amides is 1. The van der Waals surface area contributed by atoms with Gasteiger partial charge in [0.05, 0.1) is 41.3 Å². The summed E-state index contributed by atoms with van der Waals surface area (Å²) in [6, 6.07) is 6.99. The third kappa shape index (κ3) is 3.61. The van der Waals surface area contributed by atoms with Crippen LogP contribution in [0, 0.1) is 5.82 Å². The van der Waals surface area contributed by atoms with E-state index in [1.807, 2.05) is 0 Å². The Kier molecular flexibility index (Phi) is 5.25. The summed E-state index contributed by atoms with van der Waals surface area (Å²) in [7, 11) is 1.45. The Hall–Kier alpha value is -3.18. The monoisotopic (exact) mass is 519 g/mol. The summed E-state index contributed by atoms with van der Waals surface area (Å²) in [6.45, 7) is -3.01. The molecule has 1 aliphatic rings. The van der Waals surface area contributed by atoms with Gasteiger partial charge in [0, 0.05) is 24.0 Å². The zero-order chi connectivity index (χ0) is 23.4. The first-order valence-corrected chi connectivity index (χ1v) is 10.7. The topological polar surface area (TPSA) is 85.8 Å². The Balaban J connectivity index is 1.58. The van der Waals surface area contributed by atoms with Gasteiger partial charge >= 0.3 is 6.61 Å². The number of rotatable bonds is 4. The van der Waals surface area contributed by atoms with E-state index >= 15 is 4.39 Å². The van der Waals surface area contributed by atoms with Crippen LogP contribution in [-0.2, 0) is 11.2 Å². The Morgan fingerprint density at radius 1 is 1.30 bits per heavy atom. The van der Waals surface area contributed by atoms with Gasteiger partial charge in [0.15, 0.2) is 0 Å². The molecule has 2 heterocycles. The fourth-order valence-electron chi connectivity index (χ4n) is 4.46. The van der Waals surface area contributed by atoms with E-state index in [1.165, 1.54) is 30.5 Å². The molecule has 5 rings (SSSR count). The maximum absolute atomic E-state index is 15.0. The van der Waals surface area contributed by atoms with Crippen LogP contribution in [0.15, 0.2) is 47.3 Å². The molecule has 2 aromatic heterocycles. The number of ether oxygens (including phenoxy) is 1. The van der Waals surface area contributed by atoms with Crippen molar-refractivity contribution in [1.29, 1.82) is 0 Å². The molecule has 0 aliphatic heterocycles. The second-order valence-electron chi connectivity index (χ2n) is 7.81. The Morgan fingerprint density at radius 2 is 2.09 bits per heavy atom. The molecule has 170 valence electrons. The molecule has 0 radical (unpaired) electrons. The lowest BCUT2D eigenvalue weighted by Crippen LogP contribution is -2.38. The summed E-state index contributed by atoms with van der Waals surface area (Å²) in [6.07, 6.45) is 2.22. The molecule has 1 amide bonds. The molecule has 0 bridgehead atoms. The second-order valence-corrected chi connectivity index (χ2v) is 8.73. The third-order valence-electron chi connectivity index (χ3n) is 5.91. The van der Waals surface area contributed by atoms with E-state index in [0.717, 1.165) is 16.1 Å². The van der Waals surface area contributed by atoms with E-state index in [-0.39, 0.29) is 23.3 Å². The molecule has 33 heavy (non-hydrogen) atoms. The SMILES string of the molecule is CN(C(=O)c1cc2c(cc1F)nc(N)c1cncn12)[C@H]1c2ccc(Br)cc2C[C@H]1OC(F)F. The van der Waals surface area contributed by atoms with E-state index in [2.05, 4.69) is 25.9 Å². The van der Waals surface area contributed by atoms with Crippen LogP contribution in [0.3, 0.4) is 0 Å². The molecule has 7 nitrogen and oxygen atoms in total. The summed E-state index contributed by atoms with van der Waals surface area (Å²) < 4.78 is 48.5. The van der Waals surface area contributed by atoms with Crippen molar-refractivity contribution in [1.82, 2.24) is 19.3 Å². The number of nitrogens with zero attached hydrogens (tertiary/aromatic N) is 4. The number of halogens is 4. The van der Waals surface area contributed by atoms with Gasteiger partial charge in [0.1, 0.15) is 17.2 Å². The minimum absolute atomic E-state index is 0.177. The van der Waals surface area contributed by atoms with E-state index in [1.54, 1.807) is 22.6 Å². The van der Waals surface area contributed by atoms with E-state index in [4.69, 9.17) is 10.5 Å². The van der Waals surface area contributed by atoms with E-state index < -0.39 is 30.5 Å². The Labute approximate surface area is 194 Å². The van der Waals surface area contributed by atoms with Gasteiger partial charge in [0.2, 0.25) is 0 Å². The van der Waals surface area contributed by atoms with Crippen LogP contribution in [-0.4, -0.2) is 44.9 Å². The van der Waals surface area contributed by atoms with Gasteiger partial charge in [-0.05, 0) is 29.3 Å². The van der Waals surface area contributed by atoms with Crippen molar-refractivity contribution < 1.29 is 22.7 Å². The molecule has 4 aromatic rings. The molecular weight excluding hydrogens is 503 g/mol. The van der Waals surface area contributed by atoms with Crippen LogP contribution in [0.5, 0.6) is 0 Å². The molecule has 0 unspecified atom stereocenters. The lowest BCUT2D eigenvalue weighted by molar-refractivity contribution is -0.173. The van der Waals surface area contributed by atoms with E-state index in [9.17, 15) is 13.6 Å². The molecule has 0 saturated carbocycles. The predicted molar refractivity (Wildman–Crippen MR) is 118 cm³/mol. The van der Waals surface area contributed by atoms with Gasteiger partial charge < -0.3 is 15.4 Å². The summed E-state index contributed by atoms with van der Waals surface area (Å²) >= 11 is 3.37. The number of likely N-dealkylation sites (N-methyl/N-ethyl adjacent to an activating group) is 1. The zero-order valence-electron chi connectivity index (χ0n) is 17.2. The number of hydrogen-bond acceptors (Lipinski definition) is 5. The van der Waals surface area contributed by atoms with Crippen LogP contribution >= 0.6 is 15.9 Å². The van der Waals surface area contributed by atoms with Crippen molar-refractivity contribution in [3.8, 4) is 0 Å². The van der Waals surface area contributed by atoms with Gasteiger partial charge in [-0.25, -0.2) is 14.4 Å². The molecule has 11 heteroatoms. The van der Waals surface area contributed by atoms with Gasteiger partial charge in [-0.15, -0.1) is 0 Å². The number of aromatic nitrogens is 3. The number of fused-ring (bicyclic) bond motifs is 4. The fourth-order valence-corrected chi connectivity index (χ4v) is 4.87. The largest absolute Gasteiger partial charge is 0.382 e. The minimum atomic E-state index is -3.01. The zero-order valence-corrected chi connectivity index (χ0v) is 18.8. The minimum Gasteiger partial charge on any atom is -0.382 e. The van der Waals surface area contributed by atoms with Gasteiger partial charge in [-0.3, -0.25) is 9.20 Å². The number of carbonyl (C=O) groups is 1. The standard InChI is InChI=1S/C22H17BrF3N5O2/c1-30(19-12-3-2-11(23)4-10(12)5-18(19)33-22(25)26)21(32)13-6-16-15(7-14(13)24)29-20(27)17-8-28-9-31(16)17/h2-4,6-9,18-19,22H,5H2,1H3,(H2,27,29)/t18-,19+/m1/s1. The maximum Gasteiger partial charge on any atom is 0.345 e. The first kappa shape index (κ1) is 21.7. The Bertz CT molecular complexity index is 1410. The van der Waals surface area contributed by atoms with Gasteiger partial charge in [0.25, 0.3) is 5.91 Å². The highest BCUT2D eigenvalue weighted by atomic mass is 79.9. The average molecular weight is 520 g/mol. The molecule has 0 spiro atoms. The average Bonchev–Trinajstić information content (AvgIpc) is 3.37. The number of nitrogens with two attached hydrogens (primary N) is 1. The normalized spacial score (nSPS) is 17.8. The smallest absolute Gasteiger partial charge is 0.345 e. The van der Waals surface area contributed by atoms with Crippen LogP contribution in [0.25, 0.3) is 16.6 Å². The number of anilines is 1. The maximum atomic E-state index is 15.0. The van der Waals surface area contributed by atoms with Gasteiger partial charge in [-0.1, -0.05) is 22.0 Å². The number of nitrogen functional groups attached to an aromatic ring is 1. The van der Waals surface area contributed by atoms with Crippen LogP contribution in [0.1, 0.15) is 27.5 Å². The highest BCUT2D eigenvalue weighted by Gasteiger charge is 2.40. The van der Waals surface area contributed by atoms with Crippen LogP contribution in [0.4, 0.5) is 19.0 Å². The van der Waals surface area contributed by atoms with Crippen molar-refractivity contribution in [2.75, 3.05) is 12.8 Å². The fraction of sp³-hybridized carbons (Fsp3) is 0.227. The number of imidazole rings is 1. The molecule has 2 atom stereocenters. The summed E-state index contributed by atoms with van der Waals surface area (Å²) in [4.78, 5) is 22.9. The van der Waals surface area contributed by atoms with Crippen LogP contribution in [0.2, 0.25) is 0 Å². The molecular formula is C22H17BrF3N5O2. The summed E-state index contributed by atoms with van der Waals surface area (Å²) in [5.74, 6) is -1.30. The van der Waals surface area contributed by atoms with E-state index in [0.29, 0.717) is 16.6 Å². The summed E-state index contributed by atoms with van der Waals surface area (Å²) in [5, 5.41) is 0. The van der Waals surface area contributed by atoms with Crippen molar-refractivity contribution in [3.05, 3.63) is 69.8 Å². The van der Waals surface area contributed by atoms with Gasteiger partial charge in [-0.2, -0.15) is 8.78 Å². The number of carbonyl (C=O) groups excluding carboxylic acids is 1. The number of benzene rings is 2. The highest BCUT2D eigenvalue weighted by molar-refractivity contribution is 9.10. The van der Waals surface area contributed by atoms with Crippen molar-refractivity contribution in [2.24, 2.45) is 0 Å². The first-order chi connectivity index (χ1) is 15.7. The van der Waals surface area contributed by atoms with Crippen LogP contribution < -0.4 is 5.73 Å². The lowest BCUT2D eigenvalue weighted by Gasteiger charge is -2.30.